The molecule has 3 nitrogen and oxygen atoms in total. The normalized spacial score (nSPS) is 18.5. The zero-order chi connectivity index (χ0) is 13.5. The van der Waals surface area contributed by atoms with Gasteiger partial charge < -0.3 is 14.6 Å². The van der Waals surface area contributed by atoms with Crippen LogP contribution in [0.15, 0.2) is 18.2 Å². The lowest BCUT2D eigenvalue weighted by Gasteiger charge is -2.22. The summed E-state index contributed by atoms with van der Waals surface area (Å²) in [5.41, 5.74) is 0.620. The topological polar surface area (TPSA) is 38.7 Å². The van der Waals surface area contributed by atoms with Crippen molar-refractivity contribution in [2.75, 3.05) is 19.8 Å². The van der Waals surface area contributed by atoms with Crippen molar-refractivity contribution in [2.24, 2.45) is 0 Å². The van der Waals surface area contributed by atoms with Crippen molar-refractivity contribution in [1.29, 1.82) is 0 Å². The summed E-state index contributed by atoms with van der Waals surface area (Å²) in [7, 11) is 0. The molecule has 0 spiro atoms. The largest absolute Gasteiger partial charge is 0.488 e. The smallest absolute Gasteiger partial charge is 0.165 e. The molecule has 0 saturated carbocycles. The highest BCUT2D eigenvalue weighted by molar-refractivity contribution is 5.40. The number of hydrogen-bond donors (Lipinski definition) is 1. The van der Waals surface area contributed by atoms with Crippen LogP contribution >= 0.6 is 0 Å². The van der Waals surface area contributed by atoms with Crippen LogP contribution in [0.25, 0.3) is 0 Å². The van der Waals surface area contributed by atoms with Crippen molar-refractivity contribution < 1.29 is 19.0 Å². The maximum absolute atomic E-state index is 13.6. The molecule has 0 radical (unpaired) electrons. The van der Waals surface area contributed by atoms with Crippen molar-refractivity contribution in [1.82, 2.24) is 0 Å². The van der Waals surface area contributed by atoms with Gasteiger partial charge in [0, 0.05) is 12.2 Å². The van der Waals surface area contributed by atoms with Gasteiger partial charge >= 0.3 is 0 Å². The number of hydrogen-bond acceptors (Lipinski definition) is 3. The summed E-state index contributed by atoms with van der Waals surface area (Å²) in [6.45, 7) is 0.885. The molecule has 1 unspecified atom stereocenters. The summed E-state index contributed by atoms with van der Waals surface area (Å²) in [5, 5.41) is 8.63. The van der Waals surface area contributed by atoms with Gasteiger partial charge in [-0.25, -0.2) is 4.39 Å². The number of ether oxygens (including phenoxy) is 2. The molecule has 4 heteroatoms. The van der Waals surface area contributed by atoms with Crippen LogP contribution in [-0.2, 0) is 4.74 Å². The Hall–Kier alpha value is -1.57. The van der Waals surface area contributed by atoms with Crippen LogP contribution in [0.4, 0.5) is 4.39 Å². The van der Waals surface area contributed by atoms with Gasteiger partial charge in [-0.1, -0.05) is 11.8 Å². The first kappa shape index (κ1) is 13.9. The van der Waals surface area contributed by atoms with E-state index >= 15 is 0 Å². The average molecular weight is 264 g/mol. The maximum Gasteiger partial charge on any atom is 0.165 e. The Labute approximate surface area is 112 Å². The highest BCUT2D eigenvalue weighted by Gasteiger charge is 2.15. The van der Waals surface area contributed by atoms with E-state index in [1.54, 1.807) is 12.1 Å². The van der Waals surface area contributed by atoms with Gasteiger partial charge in [0.25, 0.3) is 0 Å². The van der Waals surface area contributed by atoms with Crippen LogP contribution in [0.1, 0.15) is 24.8 Å². The van der Waals surface area contributed by atoms with Crippen LogP contribution in [0.5, 0.6) is 5.75 Å². The van der Waals surface area contributed by atoms with Gasteiger partial charge in [0.1, 0.15) is 13.2 Å². The summed E-state index contributed by atoms with van der Waals surface area (Å²) in [6.07, 6.45) is 3.20. The third-order valence-electron chi connectivity index (χ3n) is 2.94. The van der Waals surface area contributed by atoms with Gasteiger partial charge in [-0.05, 0) is 37.5 Å². The summed E-state index contributed by atoms with van der Waals surface area (Å²) in [6, 6.07) is 4.42. The van der Waals surface area contributed by atoms with Gasteiger partial charge in [0.05, 0.1) is 6.10 Å². The molecule has 1 N–H and O–H groups in total. The summed E-state index contributed by atoms with van der Waals surface area (Å²) >= 11 is 0. The molecule has 0 aliphatic carbocycles. The molecule has 1 saturated heterocycles. The van der Waals surface area contributed by atoms with E-state index in [1.807, 2.05) is 0 Å². The molecule has 1 aliphatic rings. The van der Waals surface area contributed by atoms with E-state index in [4.69, 9.17) is 14.6 Å². The molecule has 0 aromatic heterocycles. The predicted molar refractivity (Wildman–Crippen MR) is 69.4 cm³/mol. The Morgan fingerprint density at radius 3 is 3.05 bits per heavy atom. The van der Waals surface area contributed by atoms with Gasteiger partial charge in [0.2, 0.25) is 0 Å². The third-order valence-corrected chi connectivity index (χ3v) is 2.94. The highest BCUT2D eigenvalue weighted by Crippen LogP contribution is 2.20. The van der Waals surface area contributed by atoms with Crippen LogP contribution < -0.4 is 4.74 Å². The van der Waals surface area contributed by atoms with E-state index < -0.39 is 5.82 Å². The monoisotopic (exact) mass is 264 g/mol. The Morgan fingerprint density at radius 1 is 1.42 bits per heavy atom. The minimum Gasteiger partial charge on any atom is -0.488 e. The minimum absolute atomic E-state index is 0.0420. The fourth-order valence-electron chi connectivity index (χ4n) is 1.95. The Morgan fingerprint density at radius 2 is 2.32 bits per heavy atom. The second-order valence-corrected chi connectivity index (χ2v) is 4.40. The zero-order valence-electron chi connectivity index (χ0n) is 10.7. The van der Waals surface area contributed by atoms with Gasteiger partial charge in [-0.3, -0.25) is 0 Å². The van der Waals surface area contributed by atoms with Gasteiger partial charge in [-0.15, -0.1) is 0 Å². The minimum atomic E-state index is -0.412. The lowest BCUT2D eigenvalue weighted by Crippen LogP contribution is -2.26. The van der Waals surface area contributed by atoms with Crippen molar-refractivity contribution in [3.63, 3.8) is 0 Å². The fraction of sp³-hybridized carbons (Fsp3) is 0.467. The Kier molecular flexibility index (Phi) is 5.20. The second kappa shape index (κ2) is 7.13. The molecule has 19 heavy (non-hydrogen) atoms. The number of rotatable bonds is 3. The molecule has 0 amide bonds. The summed E-state index contributed by atoms with van der Waals surface area (Å²) in [4.78, 5) is 0. The molecule has 1 aromatic rings. The summed E-state index contributed by atoms with van der Waals surface area (Å²) in [5.74, 6) is 5.01. The zero-order valence-corrected chi connectivity index (χ0v) is 10.7. The second-order valence-electron chi connectivity index (χ2n) is 4.40. The van der Waals surface area contributed by atoms with Gasteiger partial charge in [-0.2, -0.15) is 0 Å². The standard InChI is InChI=1S/C15H17FO3/c16-14-7-6-12(4-3-8-17)10-15(14)19-11-13-5-1-2-9-18-13/h6-7,10,13,17H,1-2,5,8-9,11H2. The van der Waals surface area contributed by atoms with E-state index in [1.165, 1.54) is 6.07 Å². The fourth-order valence-corrected chi connectivity index (χ4v) is 1.95. The number of benzene rings is 1. The molecule has 1 atom stereocenters. The van der Waals surface area contributed by atoms with E-state index in [-0.39, 0.29) is 18.5 Å². The highest BCUT2D eigenvalue weighted by atomic mass is 19.1. The van der Waals surface area contributed by atoms with Crippen LogP contribution in [0, 0.1) is 17.7 Å². The molecule has 1 aliphatic heterocycles. The van der Waals surface area contributed by atoms with E-state index in [2.05, 4.69) is 11.8 Å². The van der Waals surface area contributed by atoms with Gasteiger partial charge in [0.15, 0.2) is 11.6 Å². The molecule has 1 heterocycles. The molecular formula is C15H17FO3. The van der Waals surface area contributed by atoms with E-state index in [0.717, 1.165) is 25.9 Å². The number of aliphatic hydroxyl groups is 1. The molecule has 1 aromatic carbocycles. The van der Waals surface area contributed by atoms with Crippen LogP contribution in [-0.4, -0.2) is 31.0 Å². The number of aliphatic hydroxyl groups excluding tert-OH is 1. The molecule has 1 fully saturated rings. The maximum atomic E-state index is 13.6. The molecule has 2 rings (SSSR count). The Balaban J connectivity index is 1.98. The first-order valence-corrected chi connectivity index (χ1v) is 6.43. The van der Waals surface area contributed by atoms with E-state index in [9.17, 15) is 4.39 Å². The van der Waals surface area contributed by atoms with Crippen molar-refractivity contribution >= 4 is 0 Å². The quantitative estimate of drug-likeness (QED) is 0.850. The van der Waals surface area contributed by atoms with Crippen molar-refractivity contribution in [3.05, 3.63) is 29.6 Å². The van der Waals surface area contributed by atoms with Crippen LogP contribution in [0.2, 0.25) is 0 Å². The van der Waals surface area contributed by atoms with Crippen LogP contribution in [0.3, 0.4) is 0 Å². The number of halogens is 1. The molecule has 0 bridgehead atoms. The molecular weight excluding hydrogens is 247 g/mol. The van der Waals surface area contributed by atoms with Crippen molar-refractivity contribution in [3.8, 4) is 17.6 Å². The van der Waals surface area contributed by atoms with E-state index in [0.29, 0.717) is 12.2 Å². The predicted octanol–water partition coefficient (Wildman–Crippen LogP) is 2.12. The average Bonchev–Trinajstić information content (AvgIpc) is 2.46. The molecule has 102 valence electrons. The Bertz CT molecular complexity index is 470. The first-order valence-electron chi connectivity index (χ1n) is 6.43. The third kappa shape index (κ3) is 4.23. The summed E-state index contributed by atoms with van der Waals surface area (Å²) < 4.78 is 24.6. The van der Waals surface area contributed by atoms with Crippen molar-refractivity contribution in [2.45, 2.75) is 25.4 Å². The lowest BCUT2D eigenvalue weighted by atomic mass is 10.1. The first-order chi connectivity index (χ1) is 9.29. The SMILES string of the molecule is OCC#Cc1ccc(F)c(OCC2CCCCO2)c1. The lowest BCUT2D eigenvalue weighted by molar-refractivity contribution is -0.0117.